The first-order valence-corrected chi connectivity index (χ1v) is 9.06. The van der Waals surface area contributed by atoms with E-state index in [1.54, 1.807) is 6.92 Å². The van der Waals surface area contributed by atoms with Gasteiger partial charge in [-0.2, -0.15) is 8.42 Å². The van der Waals surface area contributed by atoms with Gasteiger partial charge in [0.15, 0.2) is 5.25 Å². The van der Waals surface area contributed by atoms with Gasteiger partial charge in [0.05, 0.1) is 6.61 Å². The van der Waals surface area contributed by atoms with E-state index in [-0.39, 0.29) is 42.6 Å². The zero-order valence-electron chi connectivity index (χ0n) is 13.6. The van der Waals surface area contributed by atoms with Gasteiger partial charge in [0.1, 0.15) is 0 Å². The molecule has 1 N–H and O–H groups in total. The Balaban J connectivity index is 0. The molecule has 0 bridgehead atoms. The van der Waals surface area contributed by atoms with Crippen LogP contribution in [0.25, 0.3) is 0 Å². The fraction of sp³-hybridized carbons (Fsp3) is 0.929. The first-order valence-electron chi connectivity index (χ1n) is 7.56. The predicted molar refractivity (Wildman–Crippen MR) is 79.2 cm³/mol. The van der Waals surface area contributed by atoms with Crippen LogP contribution in [0.15, 0.2) is 0 Å². The minimum absolute atomic E-state index is 0. The summed E-state index contributed by atoms with van der Waals surface area (Å²) in [6, 6.07) is 0. The molecule has 5 nitrogen and oxygen atoms in total. The van der Waals surface area contributed by atoms with Crippen molar-refractivity contribution >= 4 is 16.1 Å². The Hall–Kier alpha value is 0.380. The van der Waals surface area contributed by atoms with Gasteiger partial charge in [0, 0.05) is 0 Å². The Bertz CT molecular complexity index is 356. The van der Waals surface area contributed by atoms with Crippen LogP contribution in [-0.2, 0) is 19.6 Å². The number of carbonyl (C=O) groups is 1. The standard InChI is InChI=1S/C14H28O5S.Na/c1-3-5-6-7-8-9-10-11-12-13(20(16,17)18)14(15)19-4-2;/h13H,3-12H2,1-2H3,(H,16,17,18);/q;+1. The number of rotatable bonds is 12. The van der Waals surface area contributed by atoms with E-state index in [1.165, 1.54) is 25.7 Å². The molecule has 0 aromatic heterocycles. The second kappa shape index (κ2) is 14.0. The summed E-state index contributed by atoms with van der Waals surface area (Å²) < 4.78 is 36.0. The van der Waals surface area contributed by atoms with E-state index < -0.39 is 21.3 Å². The largest absolute Gasteiger partial charge is 1.00 e. The average molecular weight is 331 g/mol. The molecule has 21 heavy (non-hydrogen) atoms. The van der Waals surface area contributed by atoms with Gasteiger partial charge in [-0.15, -0.1) is 0 Å². The molecule has 0 spiro atoms. The number of unbranched alkanes of at least 4 members (excludes halogenated alkanes) is 7. The van der Waals surface area contributed by atoms with E-state index in [0.29, 0.717) is 6.42 Å². The minimum atomic E-state index is -4.37. The third kappa shape index (κ3) is 12.6. The van der Waals surface area contributed by atoms with Crippen LogP contribution in [0.2, 0.25) is 0 Å². The van der Waals surface area contributed by atoms with Crippen LogP contribution in [0.5, 0.6) is 0 Å². The summed E-state index contributed by atoms with van der Waals surface area (Å²) in [7, 11) is -4.37. The fourth-order valence-electron chi connectivity index (χ4n) is 2.09. The summed E-state index contributed by atoms with van der Waals surface area (Å²) >= 11 is 0. The van der Waals surface area contributed by atoms with E-state index in [0.717, 1.165) is 19.3 Å². The summed E-state index contributed by atoms with van der Waals surface area (Å²) in [5.41, 5.74) is 0. The molecule has 0 rings (SSSR count). The zero-order chi connectivity index (χ0) is 15.4. The molecule has 0 aliphatic carbocycles. The van der Waals surface area contributed by atoms with Crippen LogP contribution in [0.3, 0.4) is 0 Å². The molecule has 0 aliphatic heterocycles. The van der Waals surface area contributed by atoms with Crippen molar-refractivity contribution in [2.24, 2.45) is 0 Å². The first-order chi connectivity index (χ1) is 9.43. The van der Waals surface area contributed by atoms with Crippen molar-refractivity contribution in [1.82, 2.24) is 0 Å². The molecule has 0 aromatic carbocycles. The first kappa shape index (κ1) is 23.6. The SMILES string of the molecule is CCCCCCCCCCC(C(=O)OCC)S(=O)(=O)O.[Na+]. The fourth-order valence-corrected chi connectivity index (χ4v) is 2.86. The number of hydrogen-bond donors (Lipinski definition) is 1. The molecule has 1 atom stereocenters. The molecule has 0 saturated carbocycles. The van der Waals surface area contributed by atoms with Crippen molar-refractivity contribution in [1.29, 1.82) is 0 Å². The van der Waals surface area contributed by atoms with E-state index in [2.05, 4.69) is 11.7 Å². The van der Waals surface area contributed by atoms with Gasteiger partial charge in [-0.05, 0) is 13.3 Å². The van der Waals surface area contributed by atoms with E-state index in [1.807, 2.05) is 0 Å². The molecule has 0 amide bonds. The van der Waals surface area contributed by atoms with Crippen molar-refractivity contribution in [3.63, 3.8) is 0 Å². The Kier molecular flexibility index (Phi) is 15.8. The summed E-state index contributed by atoms with van der Waals surface area (Å²) in [5, 5.41) is -1.43. The van der Waals surface area contributed by atoms with E-state index in [9.17, 15) is 13.2 Å². The molecule has 120 valence electrons. The number of ether oxygens (including phenoxy) is 1. The van der Waals surface area contributed by atoms with Crippen molar-refractivity contribution in [3.8, 4) is 0 Å². The van der Waals surface area contributed by atoms with Crippen LogP contribution < -0.4 is 29.6 Å². The van der Waals surface area contributed by atoms with Gasteiger partial charge in [0.2, 0.25) is 0 Å². The Morgan fingerprint density at radius 2 is 1.48 bits per heavy atom. The summed E-state index contributed by atoms with van der Waals surface area (Å²) in [5.74, 6) is -0.849. The summed E-state index contributed by atoms with van der Waals surface area (Å²) in [6.07, 6.45) is 8.70. The van der Waals surface area contributed by atoms with Crippen molar-refractivity contribution in [2.75, 3.05) is 6.61 Å². The Labute approximate surface area is 151 Å². The number of carbonyl (C=O) groups excluding carboxylic acids is 1. The third-order valence-electron chi connectivity index (χ3n) is 3.23. The maximum absolute atomic E-state index is 11.5. The maximum atomic E-state index is 11.5. The van der Waals surface area contributed by atoms with Gasteiger partial charge >= 0.3 is 35.5 Å². The van der Waals surface area contributed by atoms with Gasteiger partial charge in [-0.3, -0.25) is 9.35 Å². The molecule has 7 heteroatoms. The molecule has 0 fully saturated rings. The summed E-state index contributed by atoms with van der Waals surface area (Å²) in [6.45, 7) is 3.89. The molecule has 0 saturated heterocycles. The second-order valence-electron chi connectivity index (χ2n) is 5.02. The number of esters is 1. The monoisotopic (exact) mass is 331 g/mol. The van der Waals surface area contributed by atoms with Gasteiger partial charge in [-0.25, -0.2) is 0 Å². The van der Waals surface area contributed by atoms with Gasteiger partial charge < -0.3 is 4.74 Å². The Morgan fingerprint density at radius 1 is 1.00 bits per heavy atom. The smallest absolute Gasteiger partial charge is 0.465 e. The average Bonchev–Trinajstić information content (AvgIpc) is 2.35. The Morgan fingerprint density at radius 3 is 1.90 bits per heavy atom. The van der Waals surface area contributed by atoms with Gasteiger partial charge in [0.25, 0.3) is 10.1 Å². The van der Waals surface area contributed by atoms with E-state index in [4.69, 9.17) is 4.55 Å². The van der Waals surface area contributed by atoms with Crippen molar-refractivity contribution in [3.05, 3.63) is 0 Å². The minimum Gasteiger partial charge on any atom is -0.465 e. The van der Waals surface area contributed by atoms with Crippen molar-refractivity contribution in [2.45, 2.75) is 76.9 Å². The van der Waals surface area contributed by atoms with E-state index >= 15 is 0 Å². The zero-order valence-corrected chi connectivity index (χ0v) is 16.5. The molecule has 1 unspecified atom stereocenters. The van der Waals surface area contributed by atoms with Crippen LogP contribution in [0, 0.1) is 0 Å². The quantitative estimate of drug-likeness (QED) is 0.241. The van der Waals surface area contributed by atoms with Crippen LogP contribution in [0.4, 0.5) is 0 Å². The van der Waals surface area contributed by atoms with Crippen LogP contribution in [-0.4, -0.2) is 30.8 Å². The molecule has 0 aliphatic rings. The molecule has 0 radical (unpaired) electrons. The van der Waals surface area contributed by atoms with Crippen LogP contribution >= 0.6 is 0 Å². The van der Waals surface area contributed by atoms with Crippen LogP contribution in [0.1, 0.15) is 71.6 Å². The predicted octanol–water partition coefficient (Wildman–Crippen LogP) is 0.341. The molecule has 0 heterocycles. The van der Waals surface area contributed by atoms with Crippen molar-refractivity contribution < 1.29 is 52.1 Å². The maximum Gasteiger partial charge on any atom is 1.00 e. The normalized spacial score (nSPS) is 12.5. The molecule has 0 aromatic rings. The number of hydrogen-bond acceptors (Lipinski definition) is 4. The second-order valence-corrected chi connectivity index (χ2v) is 6.62. The van der Waals surface area contributed by atoms with Gasteiger partial charge in [-0.1, -0.05) is 58.3 Å². The molecular formula is C14H28NaO5S+. The molecular weight excluding hydrogens is 303 g/mol. The third-order valence-corrected chi connectivity index (χ3v) is 4.38. The topological polar surface area (TPSA) is 80.7 Å². The summed E-state index contributed by atoms with van der Waals surface area (Å²) in [4.78, 5) is 11.5.